The molecule has 29 heavy (non-hydrogen) atoms. The van der Waals surface area contributed by atoms with Gasteiger partial charge < -0.3 is 19.8 Å². The van der Waals surface area contributed by atoms with Gasteiger partial charge in [0.2, 0.25) is 0 Å². The van der Waals surface area contributed by atoms with Crippen molar-refractivity contribution >= 4 is 16.9 Å². The average molecular weight is 404 g/mol. The van der Waals surface area contributed by atoms with Crippen LogP contribution in [-0.4, -0.2) is 25.0 Å². The topological polar surface area (TPSA) is 63.5 Å². The quantitative estimate of drug-likeness (QED) is 0.647. The van der Waals surface area contributed by atoms with Crippen molar-refractivity contribution in [2.24, 2.45) is 0 Å². The number of furan rings is 1. The molecule has 0 bridgehead atoms. The highest BCUT2D eigenvalue weighted by Gasteiger charge is 2.29. The molecule has 1 aromatic heterocycles. The monoisotopic (exact) mass is 404 g/mol. The molecule has 1 unspecified atom stereocenters. The molecule has 8 heteroatoms. The molecule has 1 saturated heterocycles. The molecule has 0 radical (unpaired) electrons. The van der Waals surface area contributed by atoms with Crippen LogP contribution in [0.1, 0.15) is 34.5 Å². The second-order valence-corrected chi connectivity index (χ2v) is 6.84. The van der Waals surface area contributed by atoms with Crippen LogP contribution in [0.25, 0.3) is 11.0 Å². The maximum absolute atomic E-state index is 13.8. The van der Waals surface area contributed by atoms with Crippen molar-refractivity contribution in [3.63, 3.8) is 0 Å². The molecule has 2 N–H and O–H groups in total. The predicted molar refractivity (Wildman–Crippen MR) is 101 cm³/mol. The zero-order chi connectivity index (χ0) is 20.4. The summed E-state index contributed by atoms with van der Waals surface area (Å²) in [6, 6.07) is 10.5. The Labute approximate surface area is 164 Å². The second-order valence-electron chi connectivity index (χ2n) is 6.84. The zero-order valence-electron chi connectivity index (χ0n) is 15.4. The van der Waals surface area contributed by atoms with E-state index in [1.807, 2.05) is 0 Å². The first-order chi connectivity index (χ1) is 14.0. The number of ether oxygens (including phenoxy) is 1. The van der Waals surface area contributed by atoms with Gasteiger partial charge in [0.1, 0.15) is 23.8 Å². The molecule has 4 rings (SSSR count). The summed E-state index contributed by atoms with van der Waals surface area (Å²) in [4.78, 5) is 12.7. The lowest BCUT2D eigenvalue weighted by molar-refractivity contribution is 0.0911. The minimum absolute atomic E-state index is 0.0347. The first-order valence-electron chi connectivity index (χ1n) is 9.25. The number of carbonyl (C=O) groups excluding carboxylic acids is 1. The van der Waals surface area contributed by atoms with E-state index in [0.717, 1.165) is 13.0 Å². The third kappa shape index (κ3) is 4.07. The van der Waals surface area contributed by atoms with E-state index in [4.69, 9.17) is 9.15 Å². The standard InChI is InChI=1S/C21H19F3N2O3/c22-16-4-2-1-3-12(16)11-28-14-5-6-17-15(9-14)18(19(29-17)20(23)24)21(27)26-13-7-8-25-10-13/h1-6,9,13,20,25H,7-8,10-11H2,(H,26,27). The molecule has 1 atom stereocenters. The molecule has 152 valence electrons. The molecule has 1 aliphatic rings. The van der Waals surface area contributed by atoms with Crippen molar-refractivity contribution < 1.29 is 27.1 Å². The van der Waals surface area contributed by atoms with E-state index in [0.29, 0.717) is 17.9 Å². The number of halogens is 3. The van der Waals surface area contributed by atoms with E-state index in [1.54, 1.807) is 18.2 Å². The first kappa shape index (κ1) is 19.3. The molecule has 0 aliphatic carbocycles. The minimum Gasteiger partial charge on any atom is -0.489 e. The molecule has 2 heterocycles. The number of hydrogen-bond donors (Lipinski definition) is 2. The van der Waals surface area contributed by atoms with Gasteiger partial charge in [0.25, 0.3) is 12.3 Å². The normalized spacial score (nSPS) is 16.5. The van der Waals surface area contributed by atoms with Crippen molar-refractivity contribution in [3.05, 3.63) is 65.2 Å². The van der Waals surface area contributed by atoms with E-state index >= 15 is 0 Å². The van der Waals surface area contributed by atoms with Gasteiger partial charge in [-0.3, -0.25) is 4.79 Å². The molecule has 1 amide bonds. The molecule has 0 saturated carbocycles. The van der Waals surface area contributed by atoms with Crippen LogP contribution >= 0.6 is 0 Å². The maximum Gasteiger partial charge on any atom is 0.296 e. The highest BCUT2D eigenvalue weighted by Crippen LogP contribution is 2.35. The summed E-state index contributed by atoms with van der Waals surface area (Å²) in [5, 5.41) is 6.11. The Balaban J connectivity index is 1.63. The molecule has 2 aromatic carbocycles. The predicted octanol–water partition coefficient (Wildman–Crippen LogP) is 4.18. The van der Waals surface area contributed by atoms with Crippen molar-refractivity contribution in [1.29, 1.82) is 0 Å². The van der Waals surface area contributed by atoms with Gasteiger partial charge in [-0.05, 0) is 37.2 Å². The molecule has 3 aromatic rings. The van der Waals surface area contributed by atoms with Gasteiger partial charge in [-0.1, -0.05) is 18.2 Å². The van der Waals surface area contributed by atoms with E-state index in [9.17, 15) is 18.0 Å². The van der Waals surface area contributed by atoms with Gasteiger partial charge in [0.05, 0.1) is 5.56 Å². The van der Waals surface area contributed by atoms with Crippen molar-refractivity contribution in [3.8, 4) is 5.75 Å². The number of nitrogens with one attached hydrogen (secondary N) is 2. The Morgan fingerprint density at radius 3 is 2.83 bits per heavy atom. The average Bonchev–Trinajstić information content (AvgIpc) is 3.34. The maximum atomic E-state index is 13.8. The first-order valence-corrected chi connectivity index (χ1v) is 9.25. The largest absolute Gasteiger partial charge is 0.489 e. The highest BCUT2D eigenvalue weighted by molar-refractivity contribution is 6.07. The van der Waals surface area contributed by atoms with E-state index in [-0.39, 0.29) is 29.2 Å². The summed E-state index contributed by atoms with van der Waals surface area (Å²) in [5.41, 5.74) is 0.325. The molecule has 5 nitrogen and oxygen atoms in total. The van der Waals surface area contributed by atoms with Crippen molar-refractivity contribution in [2.45, 2.75) is 25.5 Å². The number of fused-ring (bicyclic) bond motifs is 1. The summed E-state index contributed by atoms with van der Waals surface area (Å²) in [6.45, 7) is 1.31. The van der Waals surface area contributed by atoms with E-state index in [1.165, 1.54) is 24.3 Å². The van der Waals surface area contributed by atoms with Gasteiger partial charge in [-0.2, -0.15) is 0 Å². The van der Waals surface area contributed by atoms with Crippen molar-refractivity contribution in [1.82, 2.24) is 10.6 Å². The van der Waals surface area contributed by atoms with Crippen LogP contribution in [0.4, 0.5) is 13.2 Å². The molecule has 1 fully saturated rings. The summed E-state index contributed by atoms with van der Waals surface area (Å²) < 4.78 is 51.6. The molecule has 0 spiro atoms. The molecule has 1 aliphatic heterocycles. The number of amides is 1. The Hall–Kier alpha value is -3.00. The number of rotatable bonds is 6. The van der Waals surface area contributed by atoms with Gasteiger partial charge >= 0.3 is 0 Å². The third-order valence-electron chi connectivity index (χ3n) is 4.86. The Bertz CT molecular complexity index is 1030. The van der Waals surface area contributed by atoms with Crippen LogP contribution in [0.3, 0.4) is 0 Å². The second kappa shape index (κ2) is 8.16. The number of alkyl halides is 2. The van der Waals surface area contributed by atoms with Gasteiger partial charge in [-0.15, -0.1) is 0 Å². The lowest BCUT2D eigenvalue weighted by atomic mass is 10.1. The summed E-state index contributed by atoms with van der Waals surface area (Å²) >= 11 is 0. The van der Waals surface area contributed by atoms with Gasteiger partial charge in [0, 0.05) is 23.5 Å². The van der Waals surface area contributed by atoms with Gasteiger partial charge in [-0.25, -0.2) is 13.2 Å². The van der Waals surface area contributed by atoms with E-state index in [2.05, 4.69) is 10.6 Å². The summed E-state index contributed by atoms with van der Waals surface area (Å²) in [5.74, 6) is -1.37. The van der Waals surface area contributed by atoms with Crippen LogP contribution in [0.15, 0.2) is 46.9 Å². The zero-order valence-corrected chi connectivity index (χ0v) is 15.4. The Morgan fingerprint density at radius 1 is 1.28 bits per heavy atom. The van der Waals surface area contributed by atoms with Crippen LogP contribution in [0.2, 0.25) is 0 Å². The number of benzene rings is 2. The Kier molecular flexibility index (Phi) is 5.44. The van der Waals surface area contributed by atoms with Gasteiger partial charge in [0.15, 0.2) is 5.76 Å². The fraction of sp³-hybridized carbons (Fsp3) is 0.286. The molecular weight excluding hydrogens is 385 g/mol. The SMILES string of the molecule is O=C(NC1CCNC1)c1c(C(F)F)oc2ccc(OCc3ccccc3F)cc12. The third-order valence-corrected chi connectivity index (χ3v) is 4.86. The van der Waals surface area contributed by atoms with Crippen molar-refractivity contribution in [2.75, 3.05) is 13.1 Å². The molecular formula is C21H19F3N2O3. The van der Waals surface area contributed by atoms with Crippen LogP contribution in [0, 0.1) is 5.82 Å². The Morgan fingerprint density at radius 2 is 2.10 bits per heavy atom. The van der Waals surface area contributed by atoms with Crippen LogP contribution in [0.5, 0.6) is 5.75 Å². The minimum atomic E-state index is -2.94. The van der Waals surface area contributed by atoms with Crippen LogP contribution < -0.4 is 15.4 Å². The fourth-order valence-electron chi connectivity index (χ4n) is 3.39. The lowest BCUT2D eigenvalue weighted by Crippen LogP contribution is -2.36. The number of hydrogen-bond acceptors (Lipinski definition) is 4. The smallest absolute Gasteiger partial charge is 0.296 e. The number of carbonyl (C=O) groups is 1. The highest BCUT2D eigenvalue weighted by atomic mass is 19.3. The van der Waals surface area contributed by atoms with Crippen LogP contribution in [-0.2, 0) is 6.61 Å². The summed E-state index contributed by atoms with van der Waals surface area (Å²) in [6.07, 6.45) is -2.21. The van der Waals surface area contributed by atoms with E-state index < -0.39 is 23.9 Å². The fourth-order valence-corrected chi connectivity index (χ4v) is 3.39. The summed E-state index contributed by atoms with van der Waals surface area (Å²) in [7, 11) is 0. The lowest BCUT2D eigenvalue weighted by Gasteiger charge is -2.11.